The molecule has 1 aromatic carbocycles. The van der Waals surface area contributed by atoms with Crippen LogP contribution in [0.3, 0.4) is 0 Å². The van der Waals surface area contributed by atoms with Crippen molar-refractivity contribution in [2.24, 2.45) is 0 Å². The molecule has 1 aliphatic heterocycles. The van der Waals surface area contributed by atoms with Crippen LogP contribution in [0.2, 0.25) is 0 Å². The van der Waals surface area contributed by atoms with Crippen LogP contribution in [-0.4, -0.2) is 25.2 Å². The van der Waals surface area contributed by atoms with E-state index in [4.69, 9.17) is 9.15 Å². The Labute approximate surface area is 159 Å². The smallest absolute Gasteiger partial charge is 0.416 e. The minimum absolute atomic E-state index is 0.0555. The van der Waals surface area contributed by atoms with E-state index in [1.165, 1.54) is 30.3 Å². The number of amides is 1. The van der Waals surface area contributed by atoms with Crippen LogP contribution in [0.25, 0.3) is 17.4 Å². The van der Waals surface area contributed by atoms with Gasteiger partial charge in [-0.05, 0) is 37.1 Å². The molecule has 8 heteroatoms. The first kappa shape index (κ1) is 19.7. The number of hydrogen-bond donors (Lipinski definition) is 1. The van der Waals surface area contributed by atoms with Crippen molar-refractivity contribution in [1.82, 2.24) is 5.32 Å². The fourth-order valence-electron chi connectivity index (χ4n) is 2.83. The van der Waals surface area contributed by atoms with Crippen LogP contribution in [-0.2, 0) is 15.7 Å². The number of nitrogens with one attached hydrogen (secondary N) is 1. The lowest BCUT2D eigenvalue weighted by atomic mass is 10.1. The second kappa shape index (κ2) is 8.31. The van der Waals surface area contributed by atoms with Gasteiger partial charge in [-0.15, -0.1) is 0 Å². The van der Waals surface area contributed by atoms with Crippen molar-refractivity contribution < 1.29 is 27.1 Å². The third kappa shape index (κ3) is 4.81. The molecule has 28 heavy (non-hydrogen) atoms. The third-order valence-corrected chi connectivity index (χ3v) is 4.27. The van der Waals surface area contributed by atoms with Crippen LogP contribution in [0, 0.1) is 11.3 Å². The molecular formula is C20H17F3N2O3. The predicted octanol–water partition coefficient (Wildman–Crippen LogP) is 4.17. The summed E-state index contributed by atoms with van der Waals surface area (Å²) in [5, 5.41) is 11.9. The first-order chi connectivity index (χ1) is 13.4. The van der Waals surface area contributed by atoms with Gasteiger partial charge in [0, 0.05) is 24.8 Å². The number of halogens is 3. The Morgan fingerprint density at radius 3 is 2.82 bits per heavy atom. The Balaban J connectivity index is 1.73. The van der Waals surface area contributed by atoms with Gasteiger partial charge in [0.25, 0.3) is 5.91 Å². The number of nitrogens with zero attached hydrogens (tertiary/aromatic N) is 1. The van der Waals surface area contributed by atoms with E-state index in [0.29, 0.717) is 13.2 Å². The van der Waals surface area contributed by atoms with Crippen LogP contribution in [0.1, 0.15) is 24.2 Å². The van der Waals surface area contributed by atoms with E-state index in [9.17, 15) is 23.2 Å². The van der Waals surface area contributed by atoms with Gasteiger partial charge in [0.05, 0.1) is 11.7 Å². The lowest BCUT2D eigenvalue weighted by Crippen LogP contribution is -2.32. The van der Waals surface area contributed by atoms with Gasteiger partial charge in [0.2, 0.25) is 0 Å². The highest BCUT2D eigenvalue weighted by Crippen LogP contribution is 2.32. The molecule has 1 saturated heterocycles. The van der Waals surface area contributed by atoms with Crippen molar-refractivity contribution in [1.29, 1.82) is 5.26 Å². The first-order valence-electron chi connectivity index (χ1n) is 8.66. The molecule has 1 amide bonds. The number of ether oxygens (including phenoxy) is 1. The highest BCUT2D eigenvalue weighted by molar-refractivity contribution is 6.01. The van der Waals surface area contributed by atoms with Gasteiger partial charge < -0.3 is 14.5 Å². The summed E-state index contributed by atoms with van der Waals surface area (Å²) in [6.07, 6.45) is -1.47. The van der Waals surface area contributed by atoms with Crippen molar-refractivity contribution in [3.8, 4) is 17.4 Å². The summed E-state index contributed by atoms with van der Waals surface area (Å²) in [4.78, 5) is 12.1. The molecule has 0 saturated carbocycles. The van der Waals surface area contributed by atoms with Gasteiger partial charge in [0.1, 0.15) is 23.2 Å². The molecule has 1 aromatic heterocycles. The molecule has 1 fully saturated rings. The zero-order valence-electron chi connectivity index (χ0n) is 14.8. The second-order valence-electron chi connectivity index (χ2n) is 6.30. The van der Waals surface area contributed by atoms with Gasteiger partial charge in [-0.25, -0.2) is 0 Å². The molecule has 1 aliphatic rings. The van der Waals surface area contributed by atoms with E-state index in [2.05, 4.69) is 5.32 Å². The standard InChI is InChI=1S/C20H17F3N2O3/c21-20(22,23)15-4-1-3-13(9-15)18-7-6-16(28-18)10-14(11-24)19(26)25-12-17-5-2-8-27-17/h1,3-4,6-7,9-10,17H,2,5,8,12H2,(H,25,26)/b14-10-/t17-/m0/s1. The molecule has 2 heterocycles. The summed E-state index contributed by atoms with van der Waals surface area (Å²) in [5.41, 5.74) is -0.705. The summed E-state index contributed by atoms with van der Waals surface area (Å²) in [7, 11) is 0. The maximum absolute atomic E-state index is 12.9. The number of carbonyl (C=O) groups is 1. The van der Waals surface area contributed by atoms with E-state index < -0.39 is 17.6 Å². The number of rotatable bonds is 5. The number of furan rings is 1. The molecule has 0 radical (unpaired) electrons. The normalized spacial score (nSPS) is 17.4. The maximum Gasteiger partial charge on any atom is 0.416 e. The van der Waals surface area contributed by atoms with Crippen molar-refractivity contribution in [3.05, 3.63) is 53.3 Å². The average molecular weight is 390 g/mol. The lowest BCUT2D eigenvalue weighted by molar-refractivity contribution is -0.137. The third-order valence-electron chi connectivity index (χ3n) is 4.27. The molecule has 0 unspecified atom stereocenters. The summed E-state index contributed by atoms with van der Waals surface area (Å²) in [5.74, 6) is -0.166. The Hall–Kier alpha value is -3.05. The predicted molar refractivity (Wildman–Crippen MR) is 94.7 cm³/mol. The Morgan fingerprint density at radius 1 is 1.32 bits per heavy atom. The molecule has 146 valence electrons. The topological polar surface area (TPSA) is 75.3 Å². The minimum Gasteiger partial charge on any atom is -0.457 e. The van der Waals surface area contributed by atoms with Gasteiger partial charge in [-0.3, -0.25) is 4.79 Å². The van der Waals surface area contributed by atoms with E-state index in [1.54, 1.807) is 6.07 Å². The zero-order valence-corrected chi connectivity index (χ0v) is 14.8. The molecule has 5 nitrogen and oxygen atoms in total. The van der Waals surface area contributed by atoms with Crippen LogP contribution in [0.15, 0.2) is 46.4 Å². The molecule has 0 spiro atoms. The molecular weight excluding hydrogens is 373 g/mol. The summed E-state index contributed by atoms with van der Waals surface area (Å²) < 4.78 is 49.5. The highest BCUT2D eigenvalue weighted by atomic mass is 19.4. The summed E-state index contributed by atoms with van der Waals surface area (Å²) in [6.45, 7) is 0.970. The molecule has 3 rings (SSSR count). The summed E-state index contributed by atoms with van der Waals surface area (Å²) in [6, 6.07) is 9.50. The van der Waals surface area contributed by atoms with Gasteiger partial charge in [0.15, 0.2) is 0 Å². The molecule has 0 bridgehead atoms. The van der Waals surface area contributed by atoms with Gasteiger partial charge in [-0.2, -0.15) is 18.4 Å². The van der Waals surface area contributed by atoms with Crippen molar-refractivity contribution >= 4 is 12.0 Å². The summed E-state index contributed by atoms with van der Waals surface area (Å²) >= 11 is 0. The first-order valence-corrected chi connectivity index (χ1v) is 8.66. The monoisotopic (exact) mass is 390 g/mol. The van der Waals surface area contributed by atoms with E-state index in [1.807, 2.05) is 0 Å². The quantitative estimate of drug-likeness (QED) is 0.614. The van der Waals surface area contributed by atoms with Crippen molar-refractivity contribution in [3.63, 3.8) is 0 Å². The SMILES string of the molecule is N#C/C(=C/c1ccc(-c2cccc(C(F)(F)F)c2)o1)C(=O)NC[C@@H]1CCCO1. The van der Waals surface area contributed by atoms with Crippen LogP contribution < -0.4 is 5.32 Å². The Kier molecular flexibility index (Phi) is 5.85. The molecule has 0 aliphatic carbocycles. The van der Waals surface area contributed by atoms with Crippen molar-refractivity contribution in [2.45, 2.75) is 25.1 Å². The second-order valence-corrected chi connectivity index (χ2v) is 6.30. The Morgan fingerprint density at radius 2 is 2.14 bits per heavy atom. The molecule has 2 aromatic rings. The number of benzene rings is 1. The van der Waals surface area contributed by atoms with Crippen molar-refractivity contribution in [2.75, 3.05) is 13.2 Å². The fraction of sp³-hybridized carbons (Fsp3) is 0.300. The van der Waals surface area contributed by atoms with E-state index in [0.717, 1.165) is 25.0 Å². The molecule has 1 N–H and O–H groups in total. The minimum atomic E-state index is -4.46. The fourth-order valence-corrected chi connectivity index (χ4v) is 2.83. The highest BCUT2D eigenvalue weighted by Gasteiger charge is 2.30. The maximum atomic E-state index is 12.9. The van der Waals surface area contributed by atoms with Gasteiger partial charge in [-0.1, -0.05) is 12.1 Å². The lowest BCUT2D eigenvalue weighted by Gasteiger charge is -2.09. The Bertz CT molecular complexity index is 919. The number of alkyl halides is 3. The van der Waals surface area contributed by atoms with Crippen LogP contribution in [0.4, 0.5) is 13.2 Å². The van der Waals surface area contributed by atoms with Gasteiger partial charge >= 0.3 is 6.18 Å². The zero-order chi connectivity index (χ0) is 20.1. The average Bonchev–Trinajstić information content (AvgIpc) is 3.35. The largest absolute Gasteiger partial charge is 0.457 e. The number of carbonyl (C=O) groups excluding carboxylic acids is 1. The molecule has 1 atom stereocenters. The van der Waals surface area contributed by atoms with Crippen LogP contribution >= 0.6 is 0 Å². The van der Waals surface area contributed by atoms with E-state index in [-0.39, 0.29) is 28.8 Å². The van der Waals surface area contributed by atoms with E-state index >= 15 is 0 Å². The number of nitriles is 1. The van der Waals surface area contributed by atoms with Crippen LogP contribution in [0.5, 0.6) is 0 Å². The number of hydrogen-bond acceptors (Lipinski definition) is 4.